The van der Waals surface area contributed by atoms with Gasteiger partial charge < -0.3 is 16.0 Å². The number of nitrogens with zero attached hydrogens (tertiary/aromatic N) is 2. The normalized spacial score (nSPS) is 18.1. The summed E-state index contributed by atoms with van der Waals surface area (Å²) in [5.41, 5.74) is 6.05. The van der Waals surface area contributed by atoms with Crippen molar-refractivity contribution in [1.29, 1.82) is 0 Å². The zero-order valence-corrected chi connectivity index (χ0v) is 10.8. The van der Waals surface area contributed by atoms with Gasteiger partial charge in [0.25, 0.3) is 5.69 Å². The van der Waals surface area contributed by atoms with Gasteiger partial charge in [0, 0.05) is 32.1 Å². The number of benzene rings is 1. The number of rotatable bonds is 4. The Bertz CT molecular complexity index is 587. The summed E-state index contributed by atoms with van der Waals surface area (Å²) in [5, 5.41) is 13.7. The molecular formula is C12H14N4O4. The van der Waals surface area contributed by atoms with Crippen LogP contribution in [0, 0.1) is 16.0 Å². The molecule has 3 N–H and O–H groups in total. The van der Waals surface area contributed by atoms with E-state index in [9.17, 15) is 19.7 Å². The predicted molar refractivity (Wildman–Crippen MR) is 72.3 cm³/mol. The maximum Gasteiger partial charge on any atom is 0.271 e. The first-order chi connectivity index (χ1) is 9.43. The van der Waals surface area contributed by atoms with Crippen LogP contribution < -0.4 is 16.0 Å². The van der Waals surface area contributed by atoms with Crippen LogP contribution in [0.4, 0.5) is 17.1 Å². The molecule has 1 aromatic rings. The fraction of sp³-hybridized carbons (Fsp3) is 0.333. The van der Waals surface area contributed by atoms with Gasteiger partial charge in [0.15, 0.2) is 0 Å². The number of nitro benzene ring substituents is 1. The third kappa shape index (κ3) is 2.40. The SMILES string of the molecule is CNc1ccc([N+](=O)[O-])cc1N1CC(C(N)=O)CC1=O. The number of carbonyl (C=O) groups excluding carboxylic acids is 2. The molecule has 1 aromatic carbocycles. The second-order valence-corrected chi connectivity index (χ2v) is 4.52. The molecule has 1 saturated heterocycles. The van der Waals surface area contributed by atoms with Crippen LogP contribution >= 0.6 is 0 Å². The predicted octanol–water partition coefficient (Wildman–Crippen LogP) is 0.475. The molecule has 1 fully saturated rings. The van der Waals surface area contributed by atoms with Gasteiger partial charge in [-0.25, -0.2) is 0 Å². The van der Waals surface area contributed by atoms with Crippen molar-refractivity contribution < 1.29 is 14.5 Å². The van der Waals surface area contributed by atoms with Crippen LogP contribution in [0.25, 0.3) is 0 Å². The van der Waals surface area contributed by atoms with Gasteiger partial charge in [0.05, 0.1) is 22.2 Å². The molecule has 106 valence electrons. The molecule has 2 amide bonds. The quantitative estimate of drug-likeness (QED) is 0.613. The third-order valence-electron chi connectivity index (χ3n) is 3.28. The number of hydrogen-bond donors (Lipinski definition) is 2. The molecule has 0 aliphatic carbocycles. The molecule has 1 aliphatic rings. The van der Waals surface area contributed by atoms with Crippen LogP contribution in [0.15, 0.2) is 18.2 Å². The average Bonchev–Trinajstić information content (AvgIpc) is 2.80. The first-order valence-electron chi connectivity index (χ1n) is 6.00. The lowest BCUT2D eigenvalue weighted by molar-refractivity contribution is -0.384. The molecule has 8 nitrogen and oxygen atoms in total. The van der Waals surface area contributed by atoms with Crippen LogP contribution in [0.2, 0.25) is 0 Å². The molecule has 2 rings (SSSR count). The Kier molecular flexibility index (Phi) is 3.55. The fourth-order valence-electron chi connectivity index (χ4n) is 2.20. The van der Waals surface area contributed by atoms with Gasteiger partial charge in [-0.3, -0.25) is 19.7 Å². The highest BCUT2D eigenvalue weighted by Crippen LogP contribution is 2.34. The number of primary amides is 1. The van der Waals surface area contributed by atoms with Crippen LogP contribution in [0.3, 0.4) is 0 Å². The van der Waals surface area contributed by atoms with Crippen molar-refractivity contribution >= 4 is 28.9 Å². The van der Waals surface area contributed by atoms with Crippen molar-refractivity contribution in [2.75, 3.05) is 23.8 Å². The number of amides is 2. The number of hydrogen-bond acceptors (Lipinski definition) is 5. The molecule has 1 unspecified atom stereocenters. The van der Waals surface area contributed by atoms with Crippen LogP contribution in [-0.2, 0) is 9.59 Å². The smallest absolute Gasteiger partial charge is 0.271 e. The highest BCUT2D eigenvalue weighted by atomic mass is 16.6. The minimum atomic E-state index is -0.563. The van der Waals surface area contributed by atoms with E-state index in [1.807, 2.05) is 0 Å². The minimum absolute atomic E-state index is 0.0289. The Balaban J connectivity index is 2.40. The second kappa shape index (κ2) is 5.16. The van der Waals surface area contributed by atoms with Gasteiger partial charge in [-0.15, -0.1) is 0 Å². The molecule has 0 radical (unpaired) electrons. The molecule has 0 aromatic heterocycles. The van der Waals surface area contributed by atoms with E-state index in [-0.39, 0.29) is 24.6 Å². The number of non-ortho nitro benzene ring substituents is 1. The number of nitrogens with one attached hydrogen (secondary N) is 1. The number of carbonyl (C=O) groups is 2. The lowest BCUT2D eigenvalue weighted by Gasteiger charge is -2.19. The Morgan fingerprint density at radius 2 is 2.25 bits per heavy atom. The monoisotopic (exact) mass is 278 g/mol. The van der Waals surface area contributed by atoms with E-state index in [1.54, 1.807) is 7.05 Å². The van der Waals surface area contributed by atoms with Crippen molar-refractivity contribution in [3.63, 3.8) is 0 Å². The average molecular weight is 278 g/mol. The first kappa shape index (κ1) is 13.8. The summed E-state index contributed by atoms with van der Waals surface area (Å²) in [6.07, 6.45) is 0.0289. The largest absolute Gasteiger partial charge is 0.386 e. The number of nitrogens with two attached hydrogens (primary N) is 1. The van der Waals surface area contributed by atoms with Crippen LogP contribution in [0.1, 0.15) is 6.42 Å². The molecule has 0 bridgehead atoms. The topological polar surface area (TPSA) is 119 Å². The van der Waals surface area contributed by atoms with Gasteiger partial charge in [-0.1, -0.05) is 0 Å². The highest BCUT2D eigenvalue weighted by Gasteiger charge is 2.35. The van der Waals surface area contributed by atoms with Gasteiger partial charge >= 0.3 is 0 Å². The second-order valence-electron chi connectivity index (χ2n) is 4.52. The Morgan fingerprint density at radius 1 is 1.55 bits per heavy atom. The van der Waals surface area contributed by atoms with E-state index in [4.69, 9.17) is 5.73 Å². The van der Waals surface area contributed by atoms with Crippen molar-refractivity contribution in [1.82, 2.24) is 0 Å². The standard InChI is InChI=1S/C12H14N4O4/c1-14-9-3-2-8(16(19)20)5-10(9)15-6-7(12(13)18)4-11(15)17/h2-3,5,7,14H,4,6H2,1H3,(H2,13,18). The van der Waals surface area contributed by atoms with E-state index >= 15 is 0 Å². The summed E-state index contributed by atoms with van der Waals surface area (Å²) in [5.74, 6) is -1.38. The summed E-state index contributed by atoms with van der Waals surface area (Å²) >= 11 is 0. The van der Waals surface area contributed by atoms with E-state index in [2.05, 4.69) is 5.32 Å². The molecule has 8 heteroatoms. The first-order valence-corrected chi connectivity index (χ1v) is 6.00. The minimum Gasteiger partial charge on any atom is -0.386 e. The zero-order valence-electron chi connectivity index (χ0n) is 10.8. The molecule has 20 heavy (non-hydrogen) atoms. The fourth-order valence-corrected chi connectivity index (χ4v) is 2.20. The van der Waals surface area contributed by atoms with Gasteiger partial charge in [-0.05, 0) is 6.07 Å². The lowest BCUT2D eigenvalue weighted by Crippen LogP contribution is -2.28. The molecule has 1 heterocycles. The van der Waals surface area contributed by atoms with Crippen molar-refractivity contribution in [3.8, 4) is 0 Å². The van der Waals surface area contributed by atoms with Gasteiger partial charge in [0.1, 0.15) is 0 Å². The van der Waals surface area contributed by atoms with Crippen LogP contribution in [-0.4, -0.2) is 30.3 Å². The number of anilines is 2. The van der Waals surface area contributed by atoms with E-state index in [1.165, 1.54) is 23.1 Å². The molecule has 0 saturated carbocycles. The summed E-state index contributed by atoms with van der Waals surface area (Å²) in [4.78, 5) is 34.8. The Labute approximate surface area is 114 Å². The van der Waals surface area contributed by atoms with E-state index in [0.29, 0.717) is 11.4 Å². The lowest BCUT2D eigenvalue weighted by atomic mass is 10.1. The van der Waals surface area contributed by atoms with E-state index in [0.717, 1.165) is 0 Å². The highest BCUT2D eigenvalue weighted by molar-refractivity contribution is 6.02. The maximum absolute atomic E-state index is 12.0. The number of nitro groups is 1. The molecule has 1 aliphatic heterocycles. The summed E-state index contributed by atoms with van der Waals surface area (Å²) < 4.78 is 0. The molecule has 0 spiro atoms. The van der Waals surface area contributed by atoms with E-state index < -0.39 is 16.7 Å². The Morgan fingerprint density at radius 3 is 2.75 bits per heavy atom. The third-order valence-corrected chi connectivity index (χ3v) is 3.28. The molecular weight excluding hydrogens is 264 g/mol. The summed E-state index contributed by atoms with van der Waals surface area (Å²) in [6, 6.07) is 4.19. The van der Waals surface area contributed by atoms with Crippen molar-refractivity contribution in [2.24, 2.45) is 11.7 Å². The van der Waals surface area contributed by atoms with Gasteiger partial charge in [0.2, 0.25) is 11.8 Å². The van der Waals surface area contributed by atoms with Gasteiger partial charge in [-0.2, -0.15) is 0 Å². The summed E-state index contributed by atoms with van der Waals surface area (Å²) in [6.45, 7) is 0.143. The zero-order chi connectivity index (χ0) is 14.9. The maximum atomic E-state index is 12.0. The van der Waals surface area contributed by atoms with Crippen molar-refractivity contribution in [3.05, 3.63) is 28.3 Å². The Hall–Kier alpha value is -2.64. The van der Waals surface area contributed by atoms with Crippen LogP contribution in [0.5, 0.6) is 0 Å². The van der Waals surface area contributed by atoms with Crippen molar-refractivity contribution in [2.45, 2.75) is 6.42 Å². The molecule has 1 atom stereocenters. The summed E-state index contributed by atoms with van der Waals surface area (Å²) in [7, 11) is 1.65.